The molecule has 0 aromatic carbocycles. The maximum Gasteiger partial charge on any atom is 0.358 e. The van der Waals surface area contributed by atoms with Crippen molar-refractivity contribution in [3.63, 3.8) is 0 Å². The molecular formula is C19H28N4O5S. The fourth-order valence-corrected chi connectivity index (χ4v) is 3.41. The zero-order valence-corrected chi connectivity index (χ0v) is 18.0. The van der Waals surface area contributed by atoms with Crippen molar-refractivity contribution >= 4 is 34.4 Å². The van der Waals surface area contributed by atoms with Crippen molar-refractivity contribution in [3.05, 3.63) is 22.3 Å². The third-order valence-electron chi connectivity index (χ3n) is 4.21. The molecule has 1 aromatic heterocycles. The van der Waals surface area contributed by atoms with Crippen LogP contribution in [0.25, 0.3) is 0 Å². The van der Waals surface area contributed by atoms with Gasteiger partial charge in [-0.25, -0.2) is 19.4 Å². The van der Waals surface area contributed by atoms with E-state index in [2.05, 4.69) is 34.8 Å². The maximum atomic E-state index is 12.3. The highest BCUT2D eigenvalue weighted by Gasteiger charge is 2.32. The Morgan fingerprint density at radius 3 is 2.69 bits per heavy atom. The van der Waals surface area contributed by atoms with Crippen LogP contribution in [-0.4, -0.2) is 48.8 Å². The Bertz CT molecular complexity index is 774. The Kier molecular flexibility index (Phi) is 8.44. The van der Waals surface area contributed by atoms with Gasteiger partial charge in [0.25, 0.3) is 0 Å². The Morgan fingerprint density at radius 1 is 1.28 bits per heavy atom. The first-order valence-corrected chi connectivity index (χ1v) is 10.6. The van der Waals surface area contributed by atoms with Crippen LogP contribution in [-0.2, 0) is 14.3 Å². The molecule has 29 heavy (non-hydrogen) atoms. The summed E-state index contributed by atoms with van der Waals surface area (Å²) in [4.78, 5) is 40.8. The SMILES string of the molecule is CCOC(=O)C1=C(COC(=O)c2csc(NCCC(C)C)n2)NC(=O)N[C@@H]1CC. The molecule has 0 radical (unpaired) electrons. The molecular weight excluding hydrogens is 396 g/mol. The van der Waals surface area contributed by atoms with Gasteiger partial charge in [0.1, 0.15) is 6.61 Å². The lowest BCUT2D eigenvalue weighted by atomic mass is 10.0. The van der Waals surface area contributed by atoms with E-state index in [1.54, 1.807) is 12.3 Å². The number of hydrogen-bond acceptors (Lipinski definition) is 8. The Morgan fingerprint density at radius 2 is 2.03 bits per heavy atom. The molecule has 1 atom stereocenters. The summed E-state index contributed by atoms with van der Waals surface area (Å²) in [5, 5.41) is 10.6. The molecule has 2 amide bonds. The molecule has 0 aliphatic carbocycles. The van der Waals surface area contributed by atoms with E-state index in [4.69, 9.17) is 9.47 Å². The van der Waals surface area contributed by atoms with Crippen LogP contribution in [0.15, 0.2) is 16.7 Å². The number of aromatic nitrogens is 1. The summed E-state index contributed by atoms with van der Waals surface area (Å²) in [5.74, 6) is -0.612. The number of amides is 2. The lowest BCUT2D eigenvalue weighted by Gasteiger charge is -2.28. The summed E-state index contributed by atoms with van der Waals surface area (Å²) >= 11 is 1.32. The summed E-state index contributed by atoms with van der Waals surface area (Å²) in [5.41, 5.74) is 0.654. The van der Waals surface area contributed by atoms with Crippen LogP contribution >= 0.6 is 11.3 Å². The van der Waals surface area contributed by atoms with Crippen molar-refractivity contribution in [1.82, 2.24) is 15.6 Å². The monoisotopic (exact) mass is 424 g/mol. The highest BCUT2D eigenvalue weighted by molar-refractivity contribution is 7.13. The molecule has 1 aromatic rings. The number of ether oxygens (including phenoxy) is 2. The van der Waals surface area contributed by atoms with Crippen molar-refractivity contribution in [3.8, 4) is 0 Å². The first-order valence-electron chi connectivity index (χ1n) is 9.69. The Balaban J connectivity index is 2.05. The maximum absolute atomic E-state index is 12.3. The predicted octanol–water partition coefficient (Wildman–Crippen LogP) is 2.67. The second-order valence-electron chi connectivity index (χ2n) is 6.90. The molecule has 0 saturated carbocycles. The molecule has 1 aliphatic heterocycles. The van der Waals surface area contributed by atoms with Gasteiger partial charge in [0.2, 0.25) is 0 Å². The van der Waals surface area contributed by atoms with Crippen LogP contribution in [0.2, 0.25) is 0 Å². The average Bonchev–Trinajstić information content (AvgIpc) is 3.14. The minimum atomic E-state index is -0.630. The standard InChI is InChI=1S/C19H28N4O5S/c1-5-12-15(17(25)27-6-2)13(22-18(26)21-12)9-28-16(24)14-10-29-19(23-14)20-8-7-11(3)4/h10-12H,5-9H2,1-4H3,(H,20,23)(H2,21,22,26)/t12-/m1/s1. The topological polar surface area (TPSA) is 119 Å². The number of hydrogen-bond donors (Lipinski definition) is 3. The zero-order valence-electron chi connectivity index (χ0n) is 17.2. The fraction of sp³-hybridized carbons (Fsp3) is 0.579. The molecule has 1 aliphatic rings. The van der Waals surface area contributed by atoms with E-state index in [0.717, 1.165) is 13.0 Å². The molecule has 0 saturated heterocycles. The first kappa shape index (κ1) is 22.7. The number of nitrogens with one attached hydrogen (secondary N) is 3. The highest BCUT2D eigenvalue weighted by Crippen LogP contribution is 2.19. The van der Waals surface area contributed by atoms with Crippen molar-refractivity contribution < 1.29 is 23.9 Å². The smallest absolute Gasteiger partial charge is 0.358 e. The second-order valence-corrected chi connectivity index (χ2v) is 7.75. The zero-order chi connectivity index (χ0) is 21.4. The van der Waals surface area contributed by atoms with E-state index in [0.29, 0.717) is 17.5 Å². The number of urea groups is 1. The van der Waals surface area contributed by atoms with Gasteiger partial charge in [-0.1, -0.05) is 20.8 Å². The highest BCUT2D eigenvalue weighted by atomic mass is 32.1. The lowest BCUT2D eigenvalue weighted by molar-refractivity contribution is -0.139. The third kappa shape index (κ3) is 6.45. The third-order valence-corrected chi connectivity index (χ3v) is 5.01. The Labute approximate surface area is 174 Å². The van der Waals surface area contributed by atoms with Crippen LogP contribution in [0.1, 0.15) is 51.0 Å². The molecule has 3 N–H and O–H groups in total. The average molecular weight is 425 g/mol. The van der Waals surface area contributed by atoms with Crippen LogP contribution in [0.3, 0.4) is 0 Å². The van der Waals surface area contributed by atoms with Gasteiger partial charge in [0.05, 0.1) is 23.9 Å². The number of esters is 2. The van der Waals surface area contributed by atoms with E-state index in [9.17, 15) is 14.4 Å². The summed E-state index contributed by atoms with van der Waals surface area (Å²) in [6.45, 7) is 8.51. The number of carbonyl (C=O) groups excluding carboxylic acids is 3. The first-order chi connectivity index (χ1) is 13.8. The largest absolute Gasteiger partial charge is 0.463 e. The van der Waals surface area contributed by atoms with E-state index in [-0.39, 0.29) is 30.2 Å². The quantitative estimate of drug-likeness (QED) is 0.494. The van der Waals surface area contributed by atoms with Gasteiger partial charge in [0.15, 0.2) is 10.8 Å². The molecule has 0 unspecified atom stereocenters. The van der Waals surface area contributed by atoms with Crippen molar-refractivity contribution in [1.29, 1.82) is 0 Å². The number of nitrogens with zero attached hydrogens (tertiary/aromatic N) is 1. The van der Waals surface area contributed by atoms with Crippen molar-refractivity contribution in [2.75, 3.05) is 25.1 Å². The van der Waals surface area contributed by atoms with Gasteiger partial charge in [-0.15, -0.1) is 11.3 Å². The molecule has 0 bridgehead atoms. The number of anilines is 1. The van der Waals surface area contributed by atoms with E-state index in [1.807, 2.05) is 6.92 Å². The van der Waals surface area contributed by atoms with Crippen molar-refractivity contribution in [2.24, 2.45) is 5.92 Å². The van der Waals surface area contributed by atoms with Crippen molar-refractivity contribution in [2.45, 2.75) is 46.6 Å². The van der Waals surface area contributed by atoms with Crippen LogP contribution in [0.4, 0.5) is 9.93 Å². The molecule has 0 fully saturated rings. The van der Waals surface area contributed by atoms with E-state index >= 15 is 0 Å². The van der Waals surface area contributed by atoms with Gasteiger partial charge in [0, 0.05) is 11.9 Å². The number of carbonyl (C=O) groups is 3. The van der Waals surface area contributed by atoms with Crippen LogP contribution in [0, 0.1) is 5.92 Å². The molecule has 160 valence electrons. The molecule has 2 heterocycles. The van der Waals surface area contributed by atoms with Crippen LogP contribution < -0.4 is 16.0 Å². The van der Waals surface area contributed by atoms with Gasteiger partial charge in [-0.3, -0.25) is 0 Å². The summed E-state index contributed by atoms with van der Waals surface area (Å²) < 4.78 is 10.4. The van der Waals surface area contributed by atoms with Gasteiger partial charge < -0.3 is 25.4 Å². The van der Waals surface area contributed by atoms with Gasteiger partial charge >= 0.3 is 18.0 Å². The summed E-state index contributed by atoms with van der Waals surface area (Å²) in [6, 6.07) is -0.964. The molecule has 9 nitrogen and oxygen atoms in total. The number of rotatable bonds is 10. The number of thiazole rings is 1. The van der Waals surface area contributed by atoms with Gasteiger partial charge in [-0.05, 0) is 25.7 Å². The van der Waals surface area contributed by atoms with Gasteiger partial charge in [-0.2, -0.15) is 0 Å². The predicted molar refractivity (Wildman–Crippen MR) is 110 cm³/mol. The summed E-state index contributed by atoms with van der Waals surface area (Å²) in [6.07, 6.45) is 1.49. The lowest BCUT2D eigenvalue weighted by Crippen LogP contribution is -2.51. The van der Waals surface area contributed by atoms with E-state index < -0.39 is 24.0 Å². The fourth-order valence-electron chi connectivity index (χ4n) is 2.70. The molecule has 2 rings (SSSR count). The molecule has 0 spiro atoms. The molecule has 10 heteroatoms. The second kappa shape index (κ2) is 10.8. The minimum Gasteiger partial charge on any atom is -0.463 e. The normalized spacial score (nSPS) is 16.3. The Hall–Kier alpha value is -2.62. The minimum absolute atomic E-state index is 0.174. The van der Waals surface area contributed by atoms with Crippen LogP contribution in [0.5, 0.6) is 0 Å². The summed E-state index contributed by atoms with van der Waals surface area (Å²) in [7, 11) is 0. The van der Waals surface area contributed by atoms with E-state index in [1.165, 1.54) is 11.3 Å².